The van der Waals surface area contributed by atoms with Gasteiger partial charge in [-0.1, -0.05) is 13.8 Å². The zero-order chi connectivity index (χ0) is 13.8. The molecular weight excluding hydrogens is 234 g/mol. The Hall–Kier alpha value is -1.82. The van der Waals surface area contributed by atoms with E-state index in [1.807, 2.05) is 32.2 Å². The molecule has 0 radical (unpaired) electrons. The minimum atomic E-state index is -1.22. The Balaban J connectivity index is 2.60. The van der Waals surface area contributed by atoms with E-state index in [0.717, 1.165) is 5.69 Å². The number of hydrogen-bond acceptors (Lipinski definition) is 3. The SMILES string of the molecule is CNC(C(=O)O)C(=O)NCC(C)(C)c1ccc[nH]1. The Labute approximate surface area is 106 Å². The third kappa shape index (κ3) is 3.33. The number of carbonyl (C=O) groups is 2. The zero-order valence-corrected chi connectivity index (χ0v) is 10.8. The monoisotopic (exact) mass is 253 g/mol. The van der Waals surface area contributed by atoms with E-state index < -0.39 is 17.9 Å². The van der Waals surface area contributed by atoms with Crippen LogP contribution in [-0.2, 0) is 15.0 Å². The van der Waals surface area contributed by atoms with Gasteiger partial charge in [-0.2, -0.15) is 0 Å². The van der Waals surface area contributed by atoms with Gasteiger partial charge in [0, 0.05) is 23.9 Å². The van der Waals surface area contributed by atoms with E-state index in [2.05, 4.69) is 15.6 Å². The number of rotatable bonds is 6. The standard InChI is InChI=1S/C12H19N3O3/c1-12(2,8-5-4-6-14-8)7-15-10(16)9(13-3)11(17)18/h4-6,9,13-14H,7H2,1-3H3,(H,15,16)(H,17,18). The highest BCUT2D eigenvalue weighted by Crippen LogP contribution is 2.19. The lowest BCUT2D eigenvalue weighted by Gasteiger charge is -2.24. The van der Waals surface area contributed by atoms with E-state index in [-0.39, 0.29) is 5.41 Å². The van der Waals surface area contributed by atoms with Gasteiger partial charge in [0.15, 0.2) is 6.04 Å². The Morgan fingerprint density at radius 3 is 2.61 bits per heavy atom. The molecule has 1 unspecified atom stereocenters. The first kappa shape index (κ1) is 14.2. The van der Waals surface area contributed by atoms with Crippen LogP contribution in [0.1, 0.15) is 19.5 Å². The molecule has 1 aromatic rings. The van der Waals surface area contributed by atoms with E-state index in [4.69, 9.17) is 5.11 Å². The first-order chi connectivity index (χ1) is 8.38. The van der Waals surface area contributed by atoms with Crippen LogP contribution < -0.4 is 10.6 Å². The molecule has 0 saturated heterocycles. The molecule has 1 amide bonds. The highest BCUT2D eigenvalue weighted by Gasteiger charge is 2.27. The second-order valence-corrected chi connectivity index (χ2v) is 4.75. The van der Waals surface area contributed by atoms with Crippen molar-refractivity contribution in [3.05, 3.63) is 24.0 Å². The van der Waals surface area contributed by atoms with Gasteiger partial charge < -0.3 is 15.4 Å². The molecular formula is C12H19N3O3. The van der Waals surface area contributed by atoms with Crippen molar-refractivity contribution in [1.82, 2.24) is 15.6 Å². The predicted octanol–water partition coefficient (Wildman–Crippen LogP) is 0.0811. The van der Waals surface area contributed by atoms with Gasteiger partial charge in [0.25, 0.3) is 0 Å². The van der Waals surface area contributed by atoms with Crippen molar-refractivity contribution >= 4 is 11.9 Å². The first-order valence-electron chi connectivity index (χ1n) is 5.70. The number of carboxylic acid groups (broad SMARTS) is 1. The fourth-order valence-corrected chi connectivity index (χ4v) is 1.62. The van der Waals surface area contributed by atoms with Crippen LogP contribution in [0.2, 0.25) is 0 Å². The molecule has 1 atom stereocenters. The second kappa shape index (κ2) is 5.68. The molecule has 0 fully saturated rings. The lowest BCUT2D eigenvalue weighted by Crippen LogP contribution is -2.50. The number of carboxylic acids is 1. The molecule has 0 aliphatic heterocycles. The van der Waals surface area contributed by atoms with Crippen LogP contribution in [-0.4, -0.2) is 41.6 Å². The molecule has 1 rings (SSSR count). The summed E-state index contributed by atoms with van der Waals surface area (Å²) in [5, 5.41) is 13.9. The summed E-state index contributed by atoms with van der Waals surface area (Å²) in [5.41, 5.74) is 0.704. The lowest BCUT2D eigenvalue weighted by atomic mass is 9.89. The van der Waals surface area contributed by atoms with Gasteiger partial charge in [0.1, 0.15) is 0 Å². The topological polar surface area (TPSA) is 94.2 Å². The lowest BCUT2D eigenvalue weighted by molar-refractivity contribution is -0.143. The van der Waals surface area contributed by atoms with Crippen LogP contribution in [0.3, 0.4) is 0 Å². The van der Waals surface area contributed by atoms with Gasteiger partial charge in [-0.15, -0.1) is 0 Å². The summed E-state index contributed by atoms with van der Waals surface area (Å²) in [6, 6.07) is 2.59. The summed E-state index contributed by atoms with van der Waals surface area (Å²) in [5.74, 6) is -1.72. The van der Waals surface area contributed by atoms with Gasteiger partial charge in [0.2, 0.25) is 5.91 Å². The molecule has 100 valence electrons. The fourth-order valence-electron chi connectivity index (χ4n) is 1.62. The van der Waals surface area contributed by atoms with Gasteiger partial charge in [-0.3, -0.25) is 10.1 Å². The number of aromatic nitrogens is 1. The minimum absolute atomic E-state index is 0.282. The maximum absolute atomic E-state index is 11.7. The van der Waals surface area contributed by atoms with Crippen LogP contribution in [0.4, 0.5) is 0 Å². The zero-order valence-electron chi connectivity index (χ0n) is 10.8. The second-order valence-electron chi connectivity index (χ2n) is 4.75. The van der Waals surface area contributed by atoms with Gasteiger partial charge in [-0.05, 0) is 19.2 Å². The van der Waals surface area contributed by atoms with Gasteiger partial charge in [0.05, 0.1) is 0 Å². The molecule has 1 heterocycles. The van der Waals surface area contributed by atoms with Gasteiger partial charge in [-0.25, -0.2) is 4.79 Å². The smallest absolute Gasteiger partial charge is 0.330 e. The molecule has 0 aliphatic rings. The van der Waals surface area contributed by atoms with Crippen molar-refractivity contribution in [3.8, 4) is 0 Å². The number of aromatic amines is 1. The third-order valence-corrected chi connectivity index (χ3v) is 2.83. The van der Waals surface area contributed by atoms with E-state index in [1.54, 1.807) is 0 Å². The van der Waals surface area contributed by atoms with Crippen molar-refractivity contribution in [2.45, 2.75) is 25.3 Å². The van der Waals surface area contributed by atoms with E-state index in [0.29, 0.717) is 6.54 Å². The van der Waals surface area contributed by atoms with Crippen molar-refractivity contribution in [3.63, 3.8) is 0 Å². The molecule has 6 heteroatoms. The highest BCUT2D eigenvalue weighted by molar-refractivity contribution is 6.01. The Kier molecular flexibility index (Phi) is 4.49. The summed E-state index contributed by atoms with van der Waals surface area (Å²) in [7, 11) is 1.44. The summed E-state index contributed by atoms with van der Waals surface area (Å²) < 4.78 is 0. The summed E-state index contributed by atoms with van der Waals surface area (Å²) >= 11 is 0. The predicted molar refractivity (Wildman–Crippen MR) is 67.3 cm³/mol. The third-order valence-electron chi connectivity index (χ3n) is 2.83. The number of nitrogens with one attached hydrogen (secondary N) is 3. The van der Waals surface area contributed by atoms with Crippen LogP contribution >= 0.6 is 0 Å². The molecule has 1 aromatic heterocycles. The Morgan fingerprint density at radius 2 is 2.17 bits per heavy atom. The Morgan fingerprint density at radius 1 is 1.50 bits per heavy atom. The number of carbonyl (C=O) groups excluding carboxylic acids is 1. The van der Waals surface area contributed by atoms with Crippen LogP contribution in [0, 0.1) is 0 Å². The molecule has 0 spiro atoms. The number of hydrogen-bond donors (Lipinski definition) is 4. The summed E-state index contributed by atoms with van der Waals surface area (Å²) in [4.78, 5) is 25.5. The molecule has 0 aliphatic carbocycles. The van der Waals surface area contributed by atoms with Crippen LogP contribution in [0.15, 0.2) is 18.3 Å². The van der Waals surface area contributed by atoms with E-state index in [9.17, 15) is 9.59 Å². The molecule has 6 nitrogen and oxygen atoms in total. The number of amides is 1. The summed E-state index contributed by atoms with van der Waals surface area (Å²) in [6.07, 6.45) is 1.81. The number of H-pyrrole nitrogens is 1. The van der Waals surface area contributed by atoms with Crippen molar-refractivity contribution in [2.75, 3.05) is 13.6 Å². The molecule has 0 aromatic carbocycles. The Bertz CT molecular complexity index is 412. The maximum atomic E-state index is 11.7. The largest absolute Gasteiger partial charge is 0.480 e. The maximum Gasteiger partial charge on any atom is 0.330 e. The average Bonchev–Trinajstić information content (AvgIpc) is 2.81. The molecule has 4 N–H and O–H groups in total. The van der Waals surface area contributed by atoms with Crippen molar-refractivity contribution in [1.29, 1.82) is 0 Å². The summed E-state index contributed by atoms with van der Waals surface area (Å²) in [6.45, 7) is 4.29. The average molecular weight is 253 g/mol. The number of likely N-dealkylation sites (N-methyl/N-ethyl adjacent to an activating group) is 1. The van der Waals surface area contributed by atoms with E-state index in [1.165, 1.54) is 7.05 Å². The first-order valence-corrected chi connectivity index (χ1v) is 5.70. The molecule has 18 heavy (non-hydrogen) atoms. The van der Waals surface area contributed by atoms with Gasteiger partial charge >= 0.3 is 5.97 Å². The van der Waals surface area contributed by atoms with Crippen LogP contribution in [0.25, 0.3) is 0 Å². The van der Waals surface area contributed by atoms with Crippen molar-refractivity contribution in [2.24, 2.45) is 0 Å². The normalized spacial score (nSPS) is 13.1. The molecule has 0 bridgehead atoms. The van der Waals surface area contributed by atoms with Crippen molar-refractivity contribution < 1.29 is 14.7 Å². The van der Waals surface area contributed by atoms with Crippen LogP contribution in [0.5, 0.6) is 0 Å². The fraction of sp³-hybridized carbons (Fsp3) is 0.500. The van der Waals surface area contributed by atoms with E-state index >= 15 is 0 Å². The quantitative estimate of drug-likeness (QED) is 0.540. The minimum Gasteiger partial charge on any atom is -0.480 e. The highest BCUT2D eigenvalue weighted by atomic mass is 16.4. The number of aliphatic carboxylic acids is 1. The molecule has 0 saturated carbocycles.